The lowest BCUT2D eigenvalue weighted by Crippen LogP contribution is -2.51. The Morgan fingerprint density at radius 2 is 1.72 bits per heavy atom. The number of piperidine rings is 1. The standard InChI is InChI=1S/C20H40N6O2.HI/c1-5-24-11-13-25(14-12-24)16-17(3)15-22-19(21-4)23-18-7-9-26(10-8-18)20(27)28-6-2;/h17-18H,5-16H2,1-4H3,(H2,21,22,23);1H. The lowest BCUT2D eigenvalue weighted by Gasteiger charge is -2.35. The zero-order valence-electron chi connectivity index (χ0n) is 18.7. The number of hydrogen-bond donors (Lipinski definition) is 2. The highest BCUT2D eigenvalue weighted by Gasteiger charge is 2.24. The van der Waals surface area contributed by atoms with E-state index >= 15 is 0 Å². The molecule has 1 unspecified atom stereocenters. The van der Waals surface area contributed by atoms with Gasteiger partial charge in [0, 0.05) is 65.4 Å². The van der Waals surface area contributed by atoms with Crippen molar-refractivity contribution in [2.75, 3.05) is 72.6 Å². The van der Waals surface area contributed by atoms with E-state index in [9.17, 15) is 4.79 Å². The SMILES string of the molecule is CCOC(=O)N1CCC(NC(=NC)NCC(C)CN2CCN(CC)CC2)CC1.I. The second-order valence-corrected chi connectivity index (χ2v) is 7.90. The van der Waals surface area contributed by atoms with Gasteiger partial charge in [0.2, 0.25) is 0 Å². The second-order valence-electron chi connectivity index (χ2n) is 7.90. The average molecular weight is 524 g/mol. The fourth-order valence-corrected chi connectivity index (χ4v) is 3.87. The summed E-state index contributed by atoms with van der Waals surface area (Å²) in [5.74, 6) is 1.43. The number of aliphatic imine (C=N–C) groups is 1. The summed E-state index contributed by atoms with van der Waals surface area (Å²) in [7, 11) is 1.82. The molecular formula is C20H41IN6O2. The van der Waals surface area contributed by atoms with E-state index in [1.165, 1.54) is 26.2 Å². The summed E-state index contributed by atoms with van der Waals surface area (Å²) in [5, 5.41) is 6.99. The maximum atomic E-state index is 11.8. The number of rotatable bonds is 7. The van der Waals surface area contributed by atoms with E-state index in [2.05, 4.69) is 39.3 Å². The van der Waals surface area contributed by atoms with Gasteiger partial charge in [0.25, 0.3) is 0 Å². The molecule has 0 radical (unpaired) electrons. The van der Waals surface area contributed by atoms with Crippen LogP contribution in [0.3, 0.4) is 0 Å². The molecular weight excluding hydrogens is 483 g/mol. The van der Waals surface area contributed by atoms with Crippen molar-refractivity contribution >= 4 is 36.0 Å². The van der Waals surface area contributed by atoms with Gasteiger partial charge in [0.15, 0.2) is 5.96 Å². The van der Waals surface area contributed by atoms with Crippen molar-refractivity contribution < 1.29 is 9.53 Å². The molecule has 0 saturated carbocycles. The fourth-order valence-electron chi connectivity index (χ4n) is 3.87. The van der Waals surface area contributed by atoms with E-state index < -0.39 is 0 Å². The lowest BCUT2D eigenvalue weighted by molar-refractivity contribution is 0.0963. The third kappa shape index (κ3) is 9.25. The number of piperazine rings is 1. The summed E-state index contributed by atoms with van der Waals surface area (Å²) in [5.41, 5.74) is 0. The monoisotopic (exact) mass is 524 g/mol. The van der Waals surface area contributed by atoms with Crippen LogP contribution in [0.25, 0.3) is 0 Å². The first kappa shape index (κ1) is 26.2. The predicted octanol–water partition coefficient (Wildman–Crippen LogP) is 1.66. The molecule has 0 aliphatic carbocycles. The second kappa shape index (κ2) is 14.2. The molecule has 0 aromatic rings. The van der Waals surface area contributed by atoms with Gasteiger partial charge >= 0.3 is 6.09 Å². The van der Waals surface area contributed by atoms with Gasteiger partial charge in [-0.3, -0.25) is 4.99 Å². The van der Waals surface area contributed by atoms with Gasteiger partial charge in [0.05, 0.1) is 6.61 Å². The number of carbonyl (C=O) groups is 1. The summed E-state index contributed by atoms with van der Waals surface area (Å²) in [4.78, 5) is 23.0. The number of nitrogens with one attached hydrogen (secondary N) is 2. The molecule has 1 atom stereocenters. The summed E-state index contributed by atoms with van der Waals surface area (Å²) in [6.45, 7) is 16.2. The molecule has 170 valence electrons. The van der Waals surface area contributed by atoms with Crippen molar-refractivity contribution in [1.82, 2.24) is 25.3 Å². The number of amides is 1. The zero-order valence-corrected chi connectivity index (χ0v) is 21.0. The number of nitrogens with zero attached hydrogens (tertiary/aromatic N) is 4. The summed E-state index contributed by atoms with van der Waals surface area (Å²) >= 11 is 0. The molecule has 2 N–H and O–H groups in total. The molecule has 0 aromatic heterocycles. The first-order chi connectivity index (χ1) is 13.5. The number of guanidine groups is 1. The number of likely N-dealkylation sites (tertiary alicyclic amines) is 1. The predicted molar refractivity (Wildman–Crippen MR) is 129 cm³/mol. The molecule has 0 aromatic carbocycles. The van der Waals surface area contributed by atoms with Crippen LogP contribution < -0.4 is 10.6 Å². The number of halogens is 1. The van der Waals surface area contributed by atoms with Crippen LogP contribution in [0, 0.1) is 5.92 Å². The Balaban J connectivity index is 0.00000420. The van der Waals surface area contributed by atoms with Gasteiger partial charge in [-0.05, 0) is 32.2 Å². The summed E-state index contributed by atoms with van der Waals surface area (Å²) in [6.07, 6.45) is 1.63. The summed E-state index contributed by atoms with van der Waals surface area (Å²) in [6, 6.07) is 0.342. The Labute approximate surface area is 193 Å². The quantitative estimate of drug-likeness (QED) is 0.300. The number of likely N-dealkylation sites (N-methyl/N-ethyl adjacent to an activating group) is 1. The first-order valence-corrected chi connectivity index (χ1v) is 10.9. The van der Waals surface area contributed by atoms with Crippen LogP contribution >= 0.6 is 24.0 Å². The van der Waals surface area contributed by atoms with Gasteiger partial charge < -0.3 is 30.1 Å². The van der Waals surface area contributed by atoms with E-state index in [0.717, 1.165) is 51.5 Å². The van der Waals surface area contributed by atoms with Crippen LogP contribution in [0.15, 0.2) is 4.99 Å². The van der Waals surface area contributed by atoms with Gasteiger partial charge in [0.1, 0.15) is 0 Å². The maximum absolute atomic E-state index is 11.8. The number of carbonyl (C=O) groups excluding carboxylic acids is 1. The summed E-state index contributed by atoms with van der Waals surface area (Å²) < 4.78 is 5.08. The van der Waals surface area contributed by atoms with E-state index in [1.54, 1.807) is 4.90 Å². The Morgan fingerprint density at radius 3 is 2.28 bits per heavy atom. The third-order valence-electron chi connectivity index (χ3n) is 5.69. The molecule has 2 aliphatic heterocycles. The molecule has 2 aliphatic rings. The number of hydrogen-bond acceptors (Lipinski definition) is 5. The van der Waals surface area contributed by atoms with Crippen molar-refractivity contribution in [3.63, 3.8) is 0 Å². The van der Waals surface area contributed by atoms with Crippen LogP contribution in [-0.4, -0.2) is 105 Å². The zero-order chi connectivity index (χ0) is 20.4. The maximum Gasteiger partial charge on any atom is 0.409 e. The van der Waals surface area contributed by atoms with Gasteiger partial charge in [-0.15, -0.1) is 24.0 Å². The molecule has 2 heterocycles. The highest BCUT2D eigenvalue weighted by molar-refractivity contribution is 14.0. The minimum absolute atomic E-state index is 0. The minimum atomic E-state index is -0.197. The highest BCUT2D eigenvalue weighted by atomic mass is 127. The normalized spacial score (nSPS) is 20.7. The van der Waals surface area contributed by atoms with Gasteiger partial charge in [-0.25, -0.2) is 4.79 Å². The van der Waals surface area contributed by atoms with E-state index in [-0.39, 0.29) is 30.1 Å². The first-order valence-electron chi connectivity index (χ1n) is 10.9. The minimum Gasteiger partial charge on any atom is -0.450 e. The van der Waals surface area contributed by atoms with Crippen molar-refractivity contribution in [1.29, 1.82) is 0 Å². The Kier molecular flexibility index (Phi) is 12.9. The van der Waals surface area contributed by atoms with Crippen molar-refractivity contribution in [3.05, 3.63) is 0 Å². The third-order valence-corrected chi connectivity index (χ3v) is 5.69. The van der Waals surface area contributed by atoms with Crippen LogP contribution in [0.2, 0.25) is 0 Å². The molecule has 2 fully saturated rings. The Bertz CT molecular complexity index is 491. The molecule has 8 nitrogen and oxygen atoms in total. The van der Waals surface area contributed by atoms with Gasteiger partial charge in [-0.1, -0.05) is 13.8 Å². The van der Waals surface area contributed by atoms with Crippen molar-refractivity contribution in [3.8, 4) is 0 Å². The van der Waals surface area contributed by atoms with Crippen LogP contribution in [0.5, 0.6) is 0 Å². The highest BCUT2D eigenvalue weighted by Crippen LogP contribution is 2.11. The molecule has 0 spiro atoms. The Hall–Kier alpha value is -0.810. The average Bonchev–Trinajstić information content (AvgIpc) is 2.72. The molecule has 0 bridgehead atoms. The van der Waals surface area contributed by atoms with Crippen LogP contribution in [0.1, 0.15) is 33.6 Å². The van der Waals surface area contributed by atoms with Crippen molar-refractivity contribution in [2.45, 2.75) is 39.7 Å². The van der Waals surface area contributed by atoms with Crippen molar-refractivity contribution in [2.24, 2.45) is 10.9 Å². The van der Waals surface area contributed by atoms with Gasteiger partial charge in [-0.2, -0.15) is 0 Å². The van der Waals surface area contributed by atoms with E-state index in [0.29, 0.717) is 18.6 Å². The number of ether oxygens (including phenoxy) is 1. The topological polar surface area (TPSA) is 72.4 Å². The molecule has 9 heteroatoms. The molecule has 2 saturated heterocycles. The van der Waals surface area contributed by atoms with Crippen LogP contribution in [-0.2, 0) is 4.74 Å². The van der Waals surface area contributed by atoms with Crippen LogP contribution in [0.4, 0.5) is 4.79 Å². The smallest absolute Gasteiger partial charge is 0.409 e. The van der Waals surface area contributed by atoms with E-state index in [1.807, 2.05) is 14.0 Å². The lowest BCUT2D eigenvalue weighted by atomic mass is 10.1. The Morgan fingerprint density at radius 1 is 1.10 bits per heavy atom. The molecule has 2 rings (SSSR count). The molecule has 29 heavy (non-hydrogen) atoms. The molecule has 1 amide bonds. The largest absolute Gasteiger partial charge is 0.450 e. The van der Waals surface area contributed by atoms with E-state index in [4.69, 9.17) is 4.74 Å². The fraction of sp³-hybridized carbons (Fsp3) is 0.900.